The quantitative estimate of drug-likeness (QED) is 0.705. The number of nitrogens with one attached hydrogen (secondary N) is 1. The smallest absolute Gasteiger partial charge is 0.278 e. The lowest BCUT2D eigenvalue weighted by atomic mass is 10.6. The number of imidazole rings is 1. The third-order valence-electron chi connectivity index (χ3n) is 1.86. The van der Waals surface area contributed by atoms with Crippen LogP contribution in [0, 0.1) is 0 Å². The molecule has 0 aliphatic rings. The van der Waals surface area contributed by atoms with Crippen molar-refractivity contribution in [2.24, 2.45) is 0 Å². The number of rotatable bonds is 2. The standard InChI is InChI=1S/C7H9N5O2S/c1-12(2)15(13,14)7-8-3-5-6(11-7)10-4-9-5/h3-4H,1-2H3,(H,8,9,10,11). The number of hydrogen-bond acceptors (Lipinski definition) is 5. The minimum Gasteiger partial charge on any atom is -0.342 e. The van der Waals surface area contributed by atoms with Gasteiger partial charge >= 0.3 is 0 Å². The highest BCUT2D eigenvalue weighted by molar-refractivity contribution is 7.88. The normalized spacial score (nSPS) is 12.5. The Labute approximate surface area is 86.2 Å². The van der Waals surface area contributed by atoms with Gasteiger partial charge < -0.3 is 4.98 Å². The summed E-state index contributed by atoms with van der Waals surface area (Å²) in [4.78, 5) is 14.3. The van der Waals surface area contributed by atoms with Crippen molar-refractivity contribution in [2.45, 2.75) is 5.16 Å². The van der Waals surface area contributed by atoms with Crippen molar-refractivity contribution in [3.8, 4) is 0 Å². The molecule has 0 saturated carbocycles. The molecule has 0 saturated heterocycles. The van der Waals surface area contributed by atoms with Crippen LogP contribution in [-0.4, -0.2) is 46.8 Å². The number of H-pyrrole nitrogens is 1. The van der Waals surface area contributed by atoms with Gasteiger partial charge in [0, 0.05) is 14.1 Å². The first-order valence-electron chi connectivity index (χ1n) is 4.10. The average Bonchev–Trinajstić information content (AvgIpc) is 2.63. The highest BCUT2D eigenvalue weighted by Gasteiger charge is 2.21. The SMILES string of the molecule is CN(C)S(=O)(=O)c1ncc2[nH]cnc2n1. The third-order valence-corrected chi connectivity index (χ3v) is 3.48. The van der Waals surface area contributed by atoms with Gasteiger partial charge in [0.25, 0.3) is 15.2 Å². The third kappa shape index (κ3) is 1.57. The summed E-state index contributed by atoms with van der Waals surface area (Å²) in [5.41, 5.74) is 0.943. The van der Waals surface area contributed by atoms with Gasteiger partial charge in [-0.2, -0.15) is 4.98 Å². The van der Waals surface area contributed by atoms with E-state index >= 15 is 0 Å². The van der Waals surface area contributed by atoms with Gasteiger partial charge in [0.15, 0.2) is 5.65 Å². The molecule has 0 unspecified atom stereocenters. The molecule has 8 heteroatoms. The molecule has 15 heavy (non-hydrogen) atoms. The van der Waals surface area contributed by atoms with E-state index in [0.717, 1.165) is 4.31 Å². The molecule has 7 nitrogen and oxygen atoms in total. The predicted octanol–water partition coefficient (Wildman–Crippen LogP) is -0.397. The second kappa shape index (κ2) is 3.24. The molecule has 0 aliphatic carbocycles. The molecule has 0 aromatic carbocycles. The fourth-order valence-corrected chi connectivity index (χ4v) is 1.72. The van der Waals surface area contributed by atoms with E-state index in [1.165, 1.54) is 26.6 Å². The van der Waals surface area contributed by atoms with Crippen molar-refractivity contribution in [2.75, 3.05) is 14.1 Å². The molecule has 2 heterocycles. The van der Waals surface area contributed by atoms with Gasteiger partial charge in [-0.05, 0) is 0 Å². The van der Waals surface area contributed by atoms with Crippen LogP contribution in [-0.2, 0) is 10.0 Å². The Morgan fingerprint density at radius 3 is 2.73 bits per heavy atom. The first-order valence-corrected chi connectivity index (χ1v) is 5.54. The minimum absolute atomic E-state index is 0.243. The van der Waals surface area contributed by atoms with E-state index in [4.69, 9.17) is 0 Å². The molecular formula is C7H9N5O2S. The number of aromatic nitrogens is 4. The summed E-state index contributed by atoms with van der Waals surface area (Å²) in [6.07, 6.45) is 2.83. The van der Waals surface area contributed by atoms with Crippen molar-refractivity contribution >= 4 is 21.2 Å². The van der Waals surface area contributed by atoms with Gasteiger partial charge in [-0.1, -0.05) is 0 Å². The zero-order chi connectivity index (χ0) is 11.1. The van der Waals surface area contributed by atoms with E-state index in [1.54, 1.807) is 0 Å². The molecule has 0 amide bonds. The summed E-state index contributed by atoms with van der Waals surface area (Å²) < 4.78 is 24.4. The summed E-state index contributed by atoms with van der Waals surface area (Å²) >= 11 is 0. The molecule has 1 N–H and O–H groups in total. The van der Waals surface area contributed by atoms with E-state index in [9.17, 15) is 8.42 Å². The Bertz CT molecular complexity index is 588. The summed E-state index contributed by atoms with van der Waals surface area (Å²) in [5, 5.41) is -0.243. The minimum atomic E-state index is -3.59. The Hall–Kier alpha value is -1.54. The van der Waals surface area contributed by atoms with Crippen molar-refractivity contribution in [1.29, 1.82) is 0 Å². The van der Waals surface area contributed by atoms with Crippen LogP contribution in [0.15, 0.2) is 17.7 Å². The second-order valence-corrected chi connectivity index (χ2v) is 5.13. The maximum atomic E-state index is 11.7. The number of hydrogen-bond donors (Lipinski definition) is 1. The van der Waals surface area contributed by atoms with Gasteiger partial charge in [0.2, 0.25) is 0 Å². The summed E-state index contributed by atoms with van der Waals surface area (Å²) in [7, 11) is -0.741. The van der Waals surface area contributed by atoms with E-state index in [1.807, 2.05) is 0 Å². The molecule has 2 aromatic rings. The van der Waals surface area contributed by atoms with E-state index in [2.05, 4.69) is 19.9 Å². The molecule has 0 atom stereocenters. The molecular weight excluding hydrogens is 218 g/mol. The topological polar surface area (TPSA) is 91.8 Å². The first-order chi connectivity index (χ1) is 7.01. The van der Waals surface area contributed by atoms with Crippen LogP contribution >= 0.6 is 0 Å². The highest BCUT2D eigenvalue weighted by Crippen LogP contribution is 2.10. The van der Waals surface area contributed by atoms with Crippen LogP contribution in [0.4, 0.5) is 0 Å². The van der Waals surface area contributed by atoms with Crippen molar-refractivity contribution in [1.82, 2.24) is 24.2 Å². The van der Waals surface area contributed by atoms with Crippen LogP contribution in [0.1, 0.15) is 0 Å². The van der Waals surface area contributed by atoms with E-state index in [-0.39, 0.29) is 5.16 Å². The van der Waals surface area contributed by atoms with E-state index in [0.29, 0.717) is 11.2 Å². The highest BCUT2D eigenvalue weighted by atomic mass is 32.2. The second-order valence-electron chi connectivity index (χ2n) is 3.08. The Morgan fingerprint density at radius 1 is 1.33 bits per heavy atom. The maximum Gasteiger partial charge on any atom is 0.278 e. The van der Waals surface area contributed by atoms with Gasteiger partial charge in [-0.3, -0.25) is 0 Å². The first kappa shape index (κ1) is 9.99. The lowest BCUT2D eigenvalue weighted by molar-refractivity contribution is 0.512. The van der Waals surface area contributed by atoms with Gasteiger partial charge in [0.1, 0.15) is 5.52 Å². The van der Waals surface area contributed by atoms with Crippen LogP contribution in [0.25, 0.3) is 11.2 Å². The lowest BCUT2D eigenvalue weighted by Crippen LogP contribution is -2.24. The van der Waals surface area contributed by atoms with Crippen molar-refractivity contribution in [3.63, 3.8) is 0 Å². The predicted molar refractivity (Wildman–Crippen MR) is 52.6 cm³/mol. The zero-order valence-corrected chi connectivity index (χ0v) is 8.98. The van der Waals surface area contributed by atoms with Gasteiger partial charge in [0.05, 0.1) is 12.5 Å². The van der Waals surface area contributed by atoms with E-state index < -0.39 is 10.0 Å². The Kier molecular flexibility index (Phi) is 2.16. The number of nitrogens with zero attached hydrogens (tertiary/aromatic N) is 4. The number of fused-ring (bicyclic) bond motifs is 1. The average molecular weight is 227 g/mol. The van der Waals surface area contributed by atoms with Crippen molar-refractivity contribution in [3.05, 3.63) is 12.5 Å². The fourth-order valence-electron chi connectivity index (χ4n) is 1.01. The molecule has 0 fully saturated rings. The maximum absolute atomic E-state index is 11.7. The Morgan fingerprint density at radius 2 is 2.07 bits per heavy atom. The molecule has 0 bridgehead atoms. The largest absolute Gasteiger partial charge is 0.342 e. The Balaban J connectivity index is 2.63. The summed E-state index contributed by atoms with van der Waals surface area (Å²) in [5.74, 6) is 0. The fraction of sp³-hybridized carbons (Fsp3) is 0.286. The molecule has 0 radical (unpaired) electrons. The molecule has 2 rings (SSSR count). The van der Waals surface area contributed by atoms with Crippen LogP contribution < -0.4 is 0 Å². The molecule has 0 spiro atoms. The van der Waals surface area contributed by atoms with Gasteiger partial charge in [-0.25, -0.2) is 22.7 Å². The van der Waals surface area contributed by atoms with Gasteiger partial charge in [-0.15, -0.1) is 0 Å². The monoisotopic (exact) mass is 227 g/mol. The molecule has 80 valence electrons. The molecule has 2 aromatic heterocycles. The van der Waals surface area contributed by atoms with Crippen LogP contribution in [0.5, 0.6) is 0 Å². The van der Waals surface area contributed by atoms with Crippen molar-refractivity contribution < 1.29 is 8.42 Å². The van der Waals surface area contributed by atoms with Crippen LogP contribution in [0.2, 0.25) is 0 Å². The number of aromatic amines is 1. The lowest BCUT2D eigenvalue weighted by Gasteiger charge is -2.08. The zero-order valence-electron chi connectivity index (χ0n) is 8.17. The summed E-state index contributed by atoms with van der Waals surface area (Å²) in [6, 6.07) is 0. The molecule has 0 aliphatic heterocycles. The summed E-state index contributed by atoms with van der Waals surface area (Å²) in [6.45, 7) is 0. The number of sulfonamides is 1. The van der Waals surface area contributed by atoms with Crippen LogP contribution in [0.3, 0.4) is 0 Å².